The molecule has 1 N–H and O–H groups in total. The fraction of sp³-hybridized carbons (Fsp3) is 0.300. The molecule has 1 aliphatic rings. The van der Waals surface area contributed by atoms with Gasteiger partial charge in [-0.3, -0.25) is 4.98 Å². The van der Waals surface area contributed by atoms with Crippen molar-refractivity contribution >= 4 is 16.3 Å². The number of ether oxygens (including phenoxy) is 1. The topological polar surface area (TPSA) is 81.0 Å². The first-order valence-electron chi connectivity index (χ1n) is 8.74. The number of halogens is 2. The Balaban J connectivity index is 1.62. The molecule has 144 valence electrons. The fourth-order valence-electron chi connectivity index (χ4n) is 3.61. The minimum absolute atomic E-state index is 0.00348. The van der Waals surface area contributed by atoms with E-state index in [4.69, 9.17) is 4.74 Å². The van der Waals surface area contributed by atoms with Crippen LogP contribution < -0.4 is 0 Å². The third kappa shape index (κ3) is 3.31. The lowest BCUT2D eigenvalue weighted by atomic mass is 9.94. The van der Waals surface area contributed by atoms with Gasteiger partial charge in [-0.15, -0.1) is 10.2 Å². The zero-order valence-corrected chi connectivity index (χ0v) is 15.1. The number of pyridine rings is 1. The van der Waals surface area contributed by atoms with Crippen molar-refractivity contribution in [1.82, 2.24) is 20.2 Å². The van der Waals surface area contributed by atoms with Crippen LogP contribution in [0.2, 0.25) is 0 Å². The third-order valence-electron chi connectivity index (χ3n) is 5.10. The summed E-state index contributed by atoms with van der Waals surface area (Å²) in [4.78, 5) is 8.28. The second kappa shape index (κ2) is 6.87. The van der Waals surface area contributed by atoms with Crippen LogP contribution in [-0.4, -0.2) is 44.4 Å². The van der Waals surface area contributed by atoms with Crippen LogP contribution in [0.3, 0.4) is 0 Å². The SMILES string of the molecule is C=C(c1cnc(-c2cc3ccncc3cc2O)nn1)[C@H]1CC(F)(F)C[C@@H]1OC. The van der Waals surface area contributed by atoms with Gasteiger partial charge in [0, 0.05) is 43.6 Å². The van der Waals surface area contributed by atoms with Gasteiger partial charge in [0.05, 0.1) is 17.9 Å². The molecule has 3 aromatic rings. The number of alkyl halides is 2. The maximum absolute atomic E-state index is 13.8. The second-order valence-electron chi connectivity index (χ2n) is 6.93. The van der Waals surface area contributed by atoms with Gasteiger partial charge >= 0.3 is 0 Å². The highest BCUT2D eigenvalue weighted by Crippen LogP contribution is 2.45. The third-order valence-corrected chi connectivity index (χ3v) is 5.10. The Labute approximate surface area is 159 Å². The Morgan fingerprint density at radius 1 is 1.21 bits per heavy atom. The Bertz CT molecular complexity index is 1040. The predicted octanol–water partition coefficient (Wildman–Crippen LogP) is 3.87. The molecule has 0 spiro atoms. The predicted molar refractivity (Wildman–Crippen MR) is 99.7 cm³/mol. The first kappa shape index (κ1) is 18.4. The van der Waals surface area contributed by atoms with Crippen molar-refractivity contribution in [3.05, 3.63) is 49.1 Å². The van der Waals surface area contributed by atoms with Crippen molar-refractivity contribution in [2.45, 2.75) is 24.9 Å². The molecule has 1 fully saturated rings. The summed E-state index contributed by atoms with van der Waals surface area (Å²) in [6.07, 6.45) is 3.43. The highest BCUT2D eigenvalue weighted by Gasteiger charge is 2.48. The number of fused-ring (bicyclic) bond motifs is 1. The number of rotatable bonds is 4. The summed E-state index contributed by atoms with van der Waals surface area (Å²) in [7, 11) is 1.41. The number of aromatic nitrogens is 4. The zero-order chi connectivity index (χ0) is 19.9. The molecule has 0 saturated heterocycles. The van der Waals surface area contributed by atoms with Crippen LogP contribution in [0.5, 0.6) is 5.75 Å². The monoisotopic (exact) mass is 384 g/mol. The van der Waals surface area contributed by atoms with E-state index in [2.05, 4.69) is 26.7 Å². The van der Waals surface area contributed by atoms with E-state index in [0.29, 0.717) is 16.8 Å². The van der Waals surface area contributed by atoms with Gasteiger partial charge in [-0.1, -0.05) is 6.58 Å². The second-order valence-corrected chi connectivity index (χ2v) is 6.93. The zero-order valence-electron chi connectivity index (χ0n) is 15.1. The number of phenolic OH excluding ortho intramolecular Hbond substituents is 1. The number of phenols is 1. The number of nitrogens with zero attached hydrogens (tertiary/aromatic N) is 4. The molecule has 6 nitrogen and oxygen atoms in total. The van der Waals surface area contributed by atoms with Crippen molar-refractivity contribution in [2.75, 3.05) is 7.11 Å². The summed E-state index contributed by atoms with van der Waals surface area (Å²) in [5, 5.41) is 20.1. The van der Waals surface area contributed by atoms with Gasteiger partial charge in [0.15, 0.2) is 5.82 Å². The van der Waals surface area contributed by atoms with E-state index in [1.807, 2.05) is 6.07 Å². The van der Waals surface area contributed by atoms with Crippen LogP contribution in [0.15, 0.2) is 43.4 Å². The van der Waals surface area contributed by atoms with Crippen molar-refractivity contribution < 1.29 is 18.6 Å². The summed E-state index contributed by atoms with van der Waals surface area (Å²) in [5.41, 5.74) is 1.17. The van der Waals surface area contributed by atoms with E-state index in [1.165, 1.54) is 13.3 Å². The molecule has 1 aliphatic carbocycles. The molecule has 4 rings (SSSR count). The average Bonchev–Trinajstić information content (AvgIpc) is 3.02. The summed E-state index contributed by atoms with van der Waals surface area (Å²) in [5.74, 6) is -3.11. The van der Waals surface area contributed by atoms with E-state index in [1.54, 1.807) is 24.5 Å². The van der Waals surface area contributed by atoms with Gasteiger partial charge in [-0.25, -0.2) is 13.8 Å². The van der Waals surface area contributed by atoms with Crippen LogP contribution in [0, 0.1) is 5.92 Å². The molecule has 2 atom stereocenters. The normalized spacial score (nSPS) is 21.1. The molecule has 0 radical (unpaired) electrons. The van der Waals surface area contributed by atoms with Crippen LogP contribution >= 0.6 is 0 Å². The highest BCUT2D eigenvalue weighted by molar-refractivity contribution is 5.88. The standard InChI is InChI=1S/C20H18F2N4O2/c1-11(15-7-20(21,22)8-18(15)28-2)16-10-24-19(26-25-16)14-5-12-3-4-23-9-13(12)6-17(14)27/h3-6,9-10,15,18,27H,1,7-8H2,2H3/t15-,18+/m1/s1. The lowest BCUT2D eigenvalue weighted by molar-refractivity contribution is -0.00992. The molecule has 2 heterocycles. The Hall–Kier alpha value is -3.00. The quantitative estimate of drug-likeness (QED) is 0.736. The molecule has 0 aliphatic heterocycles. The maximum Gasteiger partial charge on any atom is 0.251 e. The van der Waals surface area contributed by atoms with E-state index < -0.39 is 17.9 Å². The molecule has 0 amide bonds. The Morgan fingerprint density at radius 2 is 2.04 bits per heavy atom. The summed E-state index contributed by atoms with van der Waals surface area (Å²) in [6, 6.07) is 5.14. The molecule has 28 heavy (non-hydrogen) atoms. The minimum Gasteiger partial charge on any atom is -0.507 e. The molecule has 2 aromatic heterocycles. The molecule has 1 saturated carbocycles. The number of hydrogen-bond donors (Lipinski definition) is 1. The molecule has 0 unspecified atom stereocenters. The van der Waals surface area contributed by atoms with Gasteiger partial charge in [-0.05, 0) is 29.2 Å². The molecule has 0 bridgehead atoms. The molecule has 8 heteroatoms. The highest BCUT2D eigenvalue weighted by atomic mass is 19.3. The fourth-order valence-corrected chi connectivity index (χ4v) is 3.61. The first-order chi connectivity index (χ1) is 13.4. The van der Waals surface area contributed by atoms with Gasteiger partial charge in [0.2, 0.25) is 0 Å². The number of hydrogen-bond acceptors (Lipinski definition) is 6. The molecule has 1 aromatic carbocycles. The van der Waals surface area contributed by atoms with Crippen molar-refractivity contribution in [2.24, 2.45) is 5.92 Å². The molecular formula is C20H18F2N4O2. The lowest BCUT2D eigenvalue weighted by Crippen LogP contribution is -2.18. The van der Waals surface area contributed by atoms with E-state index in [9.17, 15) is 13.9 Å². The van der Waals surface area contributed by atoms with Crippen LogP contribution in [0.1, 0.15) is 18.5 Å². The summed E-state index contributed by atoms with van der Waals surface area (Å²) in [6.45, 7) is 3.92. The minimum atomic E-state index is -2.79. The van der Waals surface area contributed by atoms with Crippen molar-refractivity contribution in [1.29, 1.82) is 0 Å². The van der Waals surface area contributed by atoms with Crippen molar-refractivity contribution in [3.63, 3.8) is 0 Å². The van der Waals surface area contributed by atoms with Crippen LogP contribution in [-0.2, 0) is 4.74 Å². The molecular weight excluding hydrogens is 366 g/mol. The maximum atomic E-state index is 13.8. The first-order valence-corrected chi connectivity index (χ1v) is 8.74. The average molecular weight is 384 g/mol. The summed E-state index contributed by atoms with van der Waals surface area (Å²) < 4.78 is 32.7. The van der Waals surface area contributed by atoms with E-state index in [-0.39, 0.29) is 24.4 Å². The van der Waals surface area contributed by atoms with E-state index in [0.717, 1.165) is 10.8 Å². The van der Waals surface area contributed by atoms with E-state index >= 15 is 0 Å². The van der Waals surface area contributed by atoms with Crippen LogP contribution in [0.4, 0.5) is 8.78 Å². The number of benzene rings is 1. The van der Waals surface area contributed by atoms with Gasteiger partial charge in [0.1, 0.15) is 11.4 Å². The van der Waals surface area contributed by atoms with Gasteiger partial charge < -0.3 is 9.84 Å². The Morgan fingerprint density at radius 3 is 2.75 bits per heavy atom. The van der Waals surface area contributed by atoms with Crippen LogP contribution in [0.25, 0.3) is 27.7 Å². The van der Waals surface area contributed by atoms with Gasteiger partial charge in [-0.2, -0.15) is 0 Å². The Kier molecular flexibility index (Phi) is 4.50. The van der Waals surface area contributed by atoms with Crippen molar-refractivity contribution in [3.8, 4) is 17.1 Å². The lowest BCUT2D eigenvalue weighted by Gasteiger charge is -2.18. The summed E-state index contributed by atoms with van der Waals surface area (Å²) >= 11 is 0. The largest absolute Gasteiger partial charge is 0.507 e. The number of methoxy groups -OCH3 is 1. The smallest absolute Gasteiger partial charge is 0.251 e. The van der Waals surface area contributed by atoms with Gasteiger partial charge in [0.25, 0.3) is 5.92 Å². The number of aromatic hydroxyl groups is 1.